The summed E-state index contributed by atoms with van der Waals surface area (Å²) in [5.41, 5.74) is 1.12. The molecule has 1 N–H and O–H groups in total. The highest BCUT2D eigenvalue weighted by atomic mass is 35.5. The third-order valence-electron chi connectivity index (χ3n) is 2.10. The highest BCUT2D eigenvalue weighted by molar-refractivity contribution is 7.89. The van der Waals surface area contributed by atoms with Crippen molar-refractivity contribution in [3.63, 3.8) is 0 Å². The van der Waals surface area contributed by atoms with Gasteiger partial charge in [-0.05, 0) is 13.8 Å². The van der Waals surface area contributed by atoms with Gasteiger partial charge in [0.1, 0.15) is 4.90 Å². The number of hydrogen-bond donors (Lipinski definition) is 1. The Balaban J connectivity index is 3.15. The van der Waals surface area contributed by atoms with Gasteiger partial charge in [0.25, 0.3) is 0 Å². The SMILES string of the molecule is Cc1nn(C)c(C)c1S(=O)(=O)NCCCl. The van der Waals surface area contributed by atoms with E-state index in [1.807, 2.05) is 0 Å². The average molecular weight is 252 g/mol. The summed E-state index contributed by atoms with van der Waals surface area (Å²) in [4.78, 5) is 0.245. The highest BCUT2D eigenvalue weighted by Crippen LogP contribution is 2.17. The molecule has 0 unspecified atom stereocenters. The van der Waals surface area contributed by atoms with Crippen LogP contribution in [0.25, 0.3) is 0 Å². The van der Waals surface area contributed by atoms with Crippen molar-refractivity contribution in [2.45, 2.75) is 18.7 Å². The maximum atomic E-state index is 11.8. The first-order valence-electron chi connectivity index (χ1n) is 4.46. The van der Waals surface area contributed by atoms with Crippen molar-refractivity contribution in [3.8, 4) is 0 Å². The van der Waals surface area contributed by atoms with Crippen LogP contribution in [0.2, 0.25) is 0 Å². The van der Waals surface area contributed by atoms with Crippen LogP contribution in [0, 0.1) is 13.8 Å². The molecule has 0 fully saturated rings. The Morgan fingerprint density at radius 2 is 2.07 bits per heavy atom. The molecule has 0 saturated carbocycles. The minimum absolute atomic E-state index is 0.220. The van der Waals surface area contributed by atoms with Gasteiger partial charge in [0.15, 0.2) is 0 Å². The van der Waals surface area contributed by atoms with Crippen LogP contribution in [0.3, 0.4) is 0 Å². The van der Waals surface area contributed by atoms with Gasteiger partial charge in [0.2, 0.25) is 10.0 Å². The molecule has 0 spiro atoms. The van der Waals surface area contributed by atoms with E-state index in [-0.39, 0.29) is 17.3 Å². The van der Waals surface area contributed by atoms with Gasteiger partial charge in [-0.1, -0.05) is 0 Å². The molecule has 0 aromatic carbocycles. The fourth-order valence-corrected chi connectivity index (χ4v) is 3.06. The number of sulfonamides is 1. The van der Waals surface area contributed by atoms with E-state index in [9.17, 15) is 8.42 Å². The van der Waals surface area contributed by atoms with Crippen molar-refractivity contribution in [1.29, 1.82) is 0 Å². The van der Waals surface area contributed by atoms with Crippen LogP contribution in [-0.2, 0) is 17.1 Å². The van der Waals surface area contributed by atoms with Gasteiger partial charge in [-0.25, -0.2) is 13.1 Å². The number of aryl methyl sites for hydroxylation is 2. The van der Waals surface area contributed by atoms with Crippen LogP contribution in [-0.4, -0.2) is 30.6 Å². The number of rotatable bonds is 4. The number of aromatic nitrogens is 2. The monoisotopic (exact) mass is 251 g/mol. The van der Waals surface area contributed by atoms with Gasteiger partial charge < -0.3 is 0 Å². The number of halogens is 1. The first-order chi connectivity index (χ1) is 6.90. The largest absolute Gasteiger partial charge is 0.271 e. The van der Waals surface area contributed by atoms with Crippen LogP contribution in [0.5, 0.6) is 0 Å². The van der Waals surface area contributed by atoms with Gasteiger partial charge >= 0.3 is 0 Å². The summed E-state index contributed by atoms with van der Waals surface area (Å²) < 4.78 is 27.6. The second-order valence-corrected chi connectivity index (χ2v) is 5.29. The third-order valence-corrected chi connectivity index (χ3v) is 4.00. The van der Waals surface area contributed by atoms with E-state index >= 15 is 0 Å². The summed E-state index contributed by atoms with van der Waals surface area (Å²) in [7, 11) is -1.77. The maximum absolute atomic E-state index is 11.8. The molecule has 0 amide bonds. The van der Waals surface area contributed by atoms with Crippen molar-refractivity contribution in [2.24, 2.45) is 7.05 Å². The number of alkyl halides is 1. The summed E-state index contributed by atoms with van der Waals surface area (Å²) in [6.45, 7) is 3.61. The zero-order valence-electron chi connectivity index (χ0n) is 8.91. The molecule has 0 bridgehead atoms. The second-order valence-electron chi connectivity index (χ2n) is 3.21. The standard InChI is InChI=1S/C8H14ClN3O2S/c1-6-8(7(2)12(3)11-6)15(13,14)10-5-4-9/h10H,4-5H2,1-3H3. The van der Waals surface area contributed by atoms with Gasteiger partial charge in [0, 0.05) is 19.5 Å². The first-order valence-corrected chi connectivity index (χ1v) is 6.47. The molecule has 0 radical (unpaired) electrons. The van der Waals surface area contributed by atoms with E-state index in [1.54, 1.807) is 25.6 Å². The predicted octanol–water partition coefficient (Wildman–Crippen LogP) is 0.554. The topological polar surface area (TPSA) is 64.0 Å². The Bertz CT molecular complexity index is 453. The molecule has 1 rings (SSSR count). The molecule has 1 aromatic rings. The van der Waals surface area contributed by atoms with E-state index in [0.717, 1.165) is 0 Å². The Morgan fingerprint density at radius 1 is 1.47 bits per heavy atom. The van der Waals surface area contributed by atoms with Crippen LogP contribution in [0.4, 0.5) is 0 Å². The molecule has 5 nitrogen and oxygen atoms in total. The van der Waals surface area contributed by atoms with Gasteiger partial charge in [-0.3, -0.25) is 4.68 Å². The quantitative estimate of drug-likeness (QED) is 0.795. The number of nitrogens with one attached hydrogen (secondary N) is 1. The molecular formula is C8H14ClN3O2S. The van der Waals surface area contributed by atoms with E-state index < -0.39 is 10.0 Å². The zero-order valence-corrected chi connectivity index (χ0v) is 10.5. The average Bonchev–Trinajstić information content (AvgIpc) is 2.38. The summed E-state index contributed by atoms with van der Waals surface area (Å²) >= 11 is 5.43. The molecule has 0 saturated heterocycles. The Kier molecular flexibility index (Phi) is 3.75. The van der Waals surface area contributed by atoms with Gasteiger partial charge in [0.05, 0.1) is 11.4 Å². The normalized spacial score (nSPS) is 12.0. The highest BCUT2D eigenvalue weighted by Gasteiger charge is 2.22. The molecule has 1 heterocycles. The molecule has 0 aliphatic heterocycles. The third kappa shape index (κ3) is 2.50. The van der Waals surface area contributed by atoms with Gasteiger partial charge in [-0.15, -0.1) is 11.6 Å². The second kappa shape index (κ2) is 4.51. The summed E-state index contributed by atoms with van der Waals surface area (Å²) in [6.07, 6.45) is 0. The van der Waals surface area contributed by atoms with Crippen LogP contribution < -0.4 is 4.72 Å². The van der Waals surface area contributed by atoms with E-state index in [2.05, 4.69) is 9.82 Å². The van der Waals surface area contributed by atoms with E-state index in [1.165, 1.54) is 0 Å². The minimum atomic E-state index is -3.48. The maximum Gasteiger partial charge on any atom is 0.244 e. The number of nitrogens with zero attached hydrogens (tertiary/aromatic N) is 2. The molecule has 0 atom stereocenters. The first kappa shape index (κ1) is 12.5. The molecule has 1 aromatic heterocycles. The Morgan fingerprint density at radius 3 is 2.47 bits per heavy atom. The van der Waals surface area contributed by atoms with Crippen molar-refractivity contribution in [2.75, 3.05) is 12.4 Å². The van der Waals surface area contributed by atoms with Crippen molar-refractivity contribution in [1.82, 2.24) is 14.5 Å². The predicted molar refractivity (Wildman–Crippen MR) is 58.6 cm³/mol. The van der Waals surface area contributed by atoms with Crippen molar-refractivity contribution < 1.29 is 8.42 Å². The van der Waals surface area contributed by atoms with E-state index in [0.29, 0.717) is 11.4 Å². The molecule has 0 aliphatic carbocycles. The molecule has 15 heavy (non-hydrogen) atoms. The van der Waals surface area contributed by atoms with Crippen LogP contribution >= 0.6 is 11.6 Å². The van der Waals surface area contributed by atoms with Gasteiger partial charge in [-0.2, -0.15) is 5.10 Å². The fourth-order valence-electron chi connectivity index (χ4n) is 1.39. The van der Waals surface area contributed by atoms with E-state index in [4.69, 9.17) is 11.6 Å². The molecular weight excluding hydrogens is 238 g/mol. The van der Waals surface area contributed by atoms with Crippen molar-refractivity contribution >= 4 is 21.6 Å². The molecule has 7 heteroatoms. The van der Waals surface area contributed by atoms with Crippen LogP contribution in [0.15, 0.2) is 4.90 Å². The smallest absolute Gasteiger partial charge is 0.244 e. The molecule has 0 aliphatic rings. The summed E-state index contributed by atoms with van der Waals surface area (Å²) in [6, 6.07) is 0. The lowest BCUT2D eigenvalue weighted by atomic mass is 10.4. The minimum Gasteiger partial charge on any atom is -0.271 e. The van der Waals surface area contributed by atoms with Crippen molar-refractivity contribution in [3.05, 3.63) is 11.4 Å². The number of hydrogen-bond acceptors (Lipinski definition) is 3. The Hall–Kier alpha value is -0.590. The lowest BCUT2D eigenvalue weighted by molar-refractivity contribution is 0.582. The summed E-state index contributed by atoms with van der Waals surface area (Å²) in [5, 5.41) is 4.05. The zero-order chi connectivity index (χ0) is 11.6. The lowest BCUT2D eigenvalue weighted by Crippen LogP contribution is -2.26. The van der Waals surface area contributed by atoms with Crippen LogP contribution in [0.1, 0.15) is 11.4 Å². The lowest BCUT2D eigenvalue weighted by Gasteiger charge is -2.04. The Labute approximate surface area is 94.5 Å². The molecule has 86 valence electrons. The fraction of sp³-hybridized carbons (Fsp3) is 0.625. The summed E-state index contributed by atoms with van der Waals surface area (Å²) in [5.74, 6) is 0.248.